The number of carbonyl (C=O) groups is 2. The van der Waals surface area contributed by atoms with E-state index in [0.29, 0.717) is 48.6 Å². The van der Waals surface area contributed by atoms with Crippen LogP contribution in [0.1, 0.15) is 40.6 Å². The molecule has 8 nitrogen and oxygen atoms in total. The van der Waals surface area contributed by atoms with Gasteiger partial charge in [-0.3, -0.25) is 9.59 Å². The number of benzene rings is 1. The minimum atomic E-state index is -0.0833. The van der Waals surface area contributed by atoms with Crippen LogP contribution < -0.4 is 4.74 Å². The van der Waals surface area contributed by atoms with E-state index < -0.39 is 0 Å². The molecule has 3 aromatic rings. The van der Waals surface area contributed by atoms with Crippen LogP contribution in [0.25, 0.3) is 11.2 Å². The standard InChI is InChI=1S/C22H25N5O3/c1-15(2)27-14-24-19-12-17(13-23-20(19)27)22(29)26-10-8-25(9-11-26)21(28)16-4-6-18(30-3)7-5-16/h4-7,12-15H,8-11H2,1-3H3. The highest BCUT2D eigenvalue weighted by atomic mass is 16.5. The lowest BCUT2D eigenvalue weighted by Gasteiger charge is -2.34. The molecule has 0 atom stereocenters. The highest BCUT2D eigenvalue weighted by Crippen LogP contribution is 2.19. The number of rotatable bonds is 4. The van der Waals surface area contributed by atoms with Gasteiger partial charge < -0.3 is 19.1 Å². The molecule has 2 aromatic heterocycles. The lowest BCUT2D eigenvalue weighted by atomic mass is 10.1. The average Bonchev–Trinajstić information content (AvgIpc) is 3.22. The Hall–Kier alpha value is -3.42. The minimum absolute atomic E-state index is 0.0351. The van der Waals surface area contributed by atoms with Gasteiger partial charge in [0.05, 0.1) is 19.0 Å². The summed E-state index contributed by atoms with van der Waals surface area (Å²) in [6, 6.07) is 9.11. The lowest BCUT2D eigenvalue weighted by Crippen LogP contribution is -2.50. The molecule has 0 aliphatic carbocycles. The first-order chi connectivity index (χ1) is 14.5. The number of hydrogen-bond donors (Lipinski definition) is 0. The minimum Gasteiger partial charge on any atom is -0.497 e. The molecule has 0 spiro atoms. The zero-order valence-electron chi connectivity index (χ0n) is 17.4. The van der Waals surface area contributed by atoms with Crippen molar-refractivity contribution in [3.05, 3.63) is 54.0 Å². The van der Waals surface area contributed by atoms with Gasteiger partial charge in [0.1, 0.15) is 11.3 Å². The fourth-order valence-electron chi connectivity index (χ4n) is 3.63. The number of piperazine rings is 1. The van der Waals surface area contributed by atoms with Gasteiger partial charge in [-0.25, -0.2) is 9.97 Å². The zero-order valence-corrected chi connectivity index (χ0v) is 17.4. The molecule has 0 N–H and O–H groups in total. The topological polar surface area (TPSA) is 80.6 Å². The quantitative estimate of drug-likeness (QED) is 0.664. The Balaban J connectivity index is 1.41. The third-order valence-electron chi connectivity index (χ3n) is 5.41. The molecule has 0 bridgehead atoms. The SMILES string of the molecule is COc1ccc(C(=O)N2CCN(C(=O)c3cnc4c(c3)ncn4C(C)C)CC2)cc1. The van der Waals surface area contributed by atoms with Crippen molar-refractivity contribution in [3.63, 3.8) is 0 Å². The van der Waals surface area contributed by atoms with Crippen LogP contribution in [0.4, 0.5) is 0 Å². The van der Waals surface area contributed by atoms with E-state index in [2.05, 4.69) is 23.8 Å². The number of nitrogens with zero attached hydrogens (tertiary/aromatic N) is 5. The number of amides is 2. The van der Waals surface area contributed by atoms with Gasteiger partial charge in [-0.2, -0.15) is 0 Å². The van der Waals surface area contributed by atoms with Gasteiger partial charge in [0, 0.05) is 44.0 Å². The molecule has 1 aromatic carbocycles. The summed E-state index contributed by atoms with van der Waals surface area (Å²) in [5.41, 5.74) is 2.62. The molecule has 0 unspecified atom stereocenters. The van der Waals surface area contributed by atoms with E-state index >= 15 is 0 Å². The van der Waals surface area contributed by atoms with Crippen LogP contribution in [0, 0.1) is 0 Å². The van der Waals surface area contributed by atoms with E-state index in [0.717, 1.165) is 5.65 Å². The summed E-state index contributed by atoms with van der Waals surface area (Å²) >= 11 is 0. The molecule has 0 saturated carbocycles. The van der Waals surface area contributed by atoms with Crippen molar-refractivity contribution in [2.24, 2.45) is 0 Å². The number of hydrogen-bond acceptors (Lipinski definition) is 5. The van der Waals surface area contributed by atoms with Crippen LogP contribution >= 0.6 is 0 Å². The largest absolute Gasteiger partial charge is 0.497 e. The molecule has 8 heteroatoms. The summed E-state index contributed by atoms with van der Waals surface area (Å²) in [5, 5.41) is 0. The summed E-state index contributed by atoms with van der Waals surface area (Å²) in [6.45, 7) is 6.09. The average molecular weight is 407 g/mol. The van der Waals surface area contributed by atoms with Gasteiger partial charge in [0.15, 0.2) is 5.65 Å². The second kappa shape index (κ2) is 8.14. The predicted octanol–water partition coefficient (Wildman–Crippen LogP) is 2.62. The van der Waals surface area contributed by atoms with Crippen molar-refractivity contribution in [1.29, 1.82) is 0 Å². The summed E-state index contributed by atoms with van der Waals surface area (Å²) in [6.07, 6.45) is 3.36. The monoisotopic (exact) mass is 407 g/mol. The first-order valence-corrected chi connectivity index (χ1v) is 10.0. The van der Waals surface area contributed by atoms with Crippen LogP contribution in [0.2, 0.25) is 0 Å². The number of methoxy groups -OCH3 is 1. The molecular formula is C22H25N5O3. The van der Waals surface area contributed by atoms with Gasteiger partial charge >= 0.3 is 0 Å². The first-order valence-electron chi connectivity index (χ1n) is 10.0. The molecule has 3 heterocycles. The molecular weight excluding hydrogens is 382 g/mol. The fraction of sp³-hybridized carbons (Fsp3) is 0.364. The Labute approximate surface area is 175 Å². The van der Waals surface area contributed by atoms with Crippen molar-refractivity contribution in [3.8, 4) is 5.75 Å². The molecule has 30 heavy (non-hydrogen) atoms. The Morgan fingerprint density at radius 3 is 2.10 bits per heavy atom. The van der Waals surface area contributed by atoms with E-state index in [1.54, 1.807) is 59.8 Å². The van der Waals surface area contributed by atoms with Crippen LogP contribution in [0.15, 0.2) is 42.9 Å². The van der Waals surface area contributed by atoms with Gasteiger partial charge in [-0.1, -0.05) is 0 Å². The molecule has 2 amide bonds. The van der Waals surface area contributed by atoms with Crippen LogP contribution in [0.5, 0.6) is 5.75 Å². The predicted molar refractivity (Wildman–Crippen MR) is 113 cm³/mol. The molecule has 1 aliphatic rings. The third kappa shape index (κ3) is 3.72. The van der Waals surface area contributed by atoms with Gasteiger partial charge in [-0.15, -0.1) is 0 Å². The van der Waals surface area contributed by atoms with Crippen LogP contribution in [-0.4, -0.2) is 69.4 Å². The highest BCUT2D eigenvalue weighted by molar-refractivity contribution is 5.97. The molecule has 4 rings (SSSR count). The van der Waals surface area contributed by atoms with Crippen LogP contribution in [0.3, 0.4) is 0 Å². The Morgan fingerprint density at radius 2 is 1.53 bits per heavy atom. The molecule has 156 valence electrons. The van der Waals surface area contributed by atoms with Crippen molar-refractivity contribution < 1.29 is 14.3 Å². The molecule has 1 fully saturated rings. The first kappa shape index (κ1) is 19.9. The molecule has 1 aliphatic heterocycles. The zero-order chi connectivity index (χ0) is 21.3. The maximum atomic E-state index is 12.9. The Bertz CT molecular complexity index is 1070. The molecule has 0 radical (unpaired) electrons. The van der Waals surface area contributed by atoms with E-state index in [9.17, 15) is 9.59 Å². The van der Waals surface area contributed by atoms with Crippen LogP contribution in [-0.2, 0) is 0 Å². The van der Waals surface area contributed by atoms with Crippen molar-refractivity contribution in [2.75, 3.05) is 33.3 Å². The number of fused-ring (bicyclic) bond motifs is 1. The van der Waals surface area contributed by atoms with E-state index in [1.165, 1.54) is 0 Å². The third-order valence-corrected chi connectivity index (χ3v) is 5.41. The Morgan fingerprint density at radius 1 is 0.933 bits per heavy atom. The second-order valence-corrected chi connectivity index (χ2v) is 7.63. The maximum absolute atomic E-state index is 12.9. The van der Waals surface area contributed by atoms with Crippen molar-refractivity contribution >= 4 is 23.0 Å². The van der Waals surface area contributed by atoms with Gasteiger partial charge in [-0.05, 0) is 44.2 Å². The summed E-state index contributed by atoms with van der Waals surface area (Å²) < 4.78 is 7.12. The summed E-state index contributed by atoms with van der Waals surface area (Å²) in [5.74, 6) is 0.595. The smallest absolute Gasteiger partial charge is 0.255 e. The summed E-state index contributed by atoms with van der Waals surface area (Å²) in [7, 11) is 1.59. The Kier molecular flexibility index (Phi) is 5.39. The number of carbonyl (C=O) groups excluding carboxylic acids is 2. The van der Waals surface area contributed by atoms with E-state index in [4.69, 9.17) is 4.74 Å². The van der Waals surface area contributed by atoms with E-state index in [-0.39, 0.29) is 17.9 Å². The number of imidazole rings is 1. The van der Waals surface area contributed by atoms with Gasteiger partial charge in [0.2, 0.25) is 0 Å². The van der Waals surface area contributed by atoms with Gasteiger partial charge in [0.25, 0.3) is 11.8 Å². The maximum Gasteiger partial charge on any atom is 0.255 e. The second-order valence-electron chi connectivity index (χ2n) is 7.63. The van der Waals surface area contributed by atoms with Crippen molar-refractivity contribution in [2.45, 2.75) is 19.9 Å². The highest BCUT2D eigenvalue weighted by Gasteiger charge is 2.26. The number of pyridine rings is 1. The number of aromatic nitrogens is 3. The van der Waals surface area contributed by atoms with Crippen molar-refractivity contribution in [1.82, 2.24) is 24.3 Å². The lowest BCUT2D eigenvalue weighted by molar-refractivity contribution is 0.0535. The van der Waals surface area contributed by atoms with E-state index in [1.807, 2.05) is 4.57 Å². The normalized spacial score (nSPS) is 14.4. The fourth-order valence-corrected chi connectivity index (χ4v) is 3.63. The number of ether oxygens (including phenoxy) is 1. The summed E-state index contributed by atoms with van der Waals surface area (Å²) in [4.78, 5) is 38.0. The molecule has 1 saturated heterocycles.